The Morgan fingerprint density at radius 3 is 2.85 bits per heavy atom. The molecule has 26 heavy (non-hydrogen) atoms. The van der Waals surface area contributed by atoms with E-state index in [2.05, 4.69) is 15.0 Å². The number of rotatable bonds is 5. The monoisotopic (exact) mass is 356 g/mol. The fraction of sp³-hybridized carbons (Fsp3) is 0.389. The minimum Gasteiger partial charge on any atom is -0.462 e. The SMILES string of the molecule is CCOC(=O)c1cnn(-c2nc3ccccc3o2)c1CN1CCOCC1. The zero-order valence-electron chi connectivity index (χ0n) is 14.6. The molecule has 4 rings (SSSR count). The molecule has 0 bridgehead atoms. The minimum atomic E-state index is -0.391. The molecule has 0 unspecified atom stereocenters. The summed E-state index contributed by atoms with van der Waals surface area (Å²) in [6.45, 7) is 5.56. The average molecular weight is 356 g/mol. The Hall–Kier alpha value is -2.71. The second-order valence-corrected chi connectivity index (χ2v) is 5.99. The molecule has 3 aromatic rings. The summed E-state index contributed by atoms with van der Waals surface area (Å²) in [5.74, 6) is -0.391. The number of esters is 1. The molecule has 1 aliphatic rings. The van der Waals surface area contributed by atoms with Crippen molar-refractivity contribution in [3.05, 3.63) is 41.7 Å². The van der Waals surface area contributed by atoms with Crippen molar-refractivity contribution in [2.24, 2.45) is 0 Å². The standard InChI is InChI=1S/C18H20N4O4/c1-2-25-17(23)13-11-19-22(15(13)12-21-7-9-24-10-8-21)18-20-14-5-3-4-6-16(14)26-18/h3-6,11H,2,7-10,12H2,1H3. The maximum absolute atomic E-state index is 12.4. The zero-order chi connectivity index (χ0) is 17.9. The Bertz CT molecular complexity index is 878. The normalized spacial score (nSPS) is 15.4. The van der Waals surface area contributed by atoms with Crippen molar-refractivity contribution in [2.75, 3.05) is 32.9 Å². The van der Waals surface area contributed by atoms with E-state index in [4.69, 9.17) is 13.9 Å². The Balaban J connectivity index is 1.73. The first-order valence-corrected chi connectivity index (χ1v) is 8.66. The van der Waals surface area contributed by atoms with Crippen LogP contribution >= 0.6 is 0 Å². The lowest BCUT2D eigenvalue weighted by Gasteiger charge is -2.26. The molecule has 0 N–H and O–H groups in total. The van der Waals surface area contributed by atoms with E-state index in [9.17, 15) is 4.79 Å². The van der Waals surface area contributed by atoms with Gasteiger partial charge >= 0.3 is 12.0 Å². The van der Waals surface area contributed by atoms with Crippen molar-refractivity contribution < 1.29 is 18.7 Å². The van der Waals surface area contributed by atoms with Crippen LogP contribution in [0.1, 0.15) is 23.0 Å². The largest absolute Gasteiger partial charge is 0.462 e. The number of benzene rings is 1. The number of morpholine rings is 1. The number of para-hydroxylation sites is 2. The molecule has 0 spiro atoms. The third-order valence-corrected chi connectivity index (χ3v) is 4.31. The second kappa shape index (κ2) is 7.27. The van der Waals surface area contributed by atoms with E-state index in [1.807, 2.05) is 24.3 Å². The molecular formula is C18H20N4O4. The molecule has 0 atom stereocenters. The van der Waals surface area contributed by atoms with Crippen LogP contribution < -0.4 is 0 Å². The van der Waals surface area contributed by atoms with Gasteiger partial charge in [-0.1, -0.05) is 12.1 Å². The molecule has 0 amide bonds. The Morgan fingerprint density at radius 2 is 2.08 bits per heavy atom. The van der Waals surface area contributed by atoms with Crippen LogP contribution in [0.15, 0.2) is 34.9 Å². The molecular weight excluding hydrogens is 336 g/mol. The molecule has 1 aliphatic heterocycles. The van der Waals surface area contributed by atoms with Crippen LogP contribution in [0.3, 0.4) is 0 Å². The number of ether oxygens (including phenoxy) is 2. The highest BCUT2D eigenvalue weighted by Crippen LogP contribution is 2.22. The van der Waals surface area contributed by atoms with Gasteiger partial charge in [0.15, 0.2) is 5.58 Å². The van der Waals surface area contributed by atoms with Gasteiger partial charge in [0.1, 0.15) is 11.1 Å². The number of hydrogen-bond donors (Lipinski definition) is 0. The highest BCUT2D eigenvalue weighted by molar-refractivity contribution is 5.90. The van der Waals surface area contributed by atoms with Gasteiger partial charge < -0.3 is 13.9 Å². The lowest BCUT2D eigenvalue weighted by atomic mass is 10.2. The lowest BCUT2D eigenvalue weighted by Crippen LogP contribution is -2.36. The summed E-state index contributed by atoms with van der Waals surface area (Å²) in [4.78, 5) is 19.1. The molecule has 2 aromatic heterocycles. The lowest BCUT2D eigenvalue weighted by molar-refractivity contribution is 0.0327. The number of oxazole rings is 1. The summed E-state index contributed by atoms with van der Waals surface area (Å²) in [6.07, 6.45) is 1.52. The Labute approximate surface area is 150 Å². The molecule has 3 heterocycles. The van der Waals surface area contributed by atoms with E-state index in [0.717, 1.165) is 18.6 Å². The van der Waals surface area contributed by atoms with Gasteiger partial charge in [-0.2, -0.15) is 14.8 Å². The van der Waals surface area contributed by atoms with Gasteiger partial charge in [-0.3, -0.25) is 4.90 Å². The van der Waals surface area contributed by atoms with Crippen molar-refractivity contribution in [3.8, 4) is 6.01 Å². The smallest absolute Gasteiger partial charge is 0.341 e. The molecule has 1 saturated heterocycles. The predicted octanol–water partition coefficient (Wildman–Crippen LogP) is 2.02. The number of aromatic nitrogens is 3. The van der Waals surface area contributed by atoms with E-state index in [-0.39, 0.29) is 0 Å². The average Bonchev–Trinajstić information content (AvgIpc) is 3.26. The third-order valence-electron chi connectivity index (χ3n) is 4.31. The van der Waals surface area contributed by atoms with Crippen LogP contribution in [0, 0.1) is 0 Å². The summed E-state index contributed by atoms with van der Waals surface area (Å²) in [5, 5.41) is 4.35. The number of carbonyl (C=O) groups excluding carboxylic acids is 1. The van der Waals surface area contributed by atoms with E-state index in [1.165, 1.54) is 6.20 Å². The molecule has 1 fully saturated rings. The van der Waals surface area contributed by atoms with Gasteiger partial charge in [-0.15, -0.1) is 0 Å². The first-order valence-electron chi connectivity index (χ1n) is 8.66. The van der Waals surface area contributed by atoms with E-state index in [0.29, 0.717) is 49.2 Å². The summed E-state index contributed by atoms with van der Waals surface area (Å²) in [5.41, 5.74) is 2.55. The minimum absolute atomic E-state index is 0.309. The highest BCUT2D eigenvalue weighted by Gasteiger charge is 2.24. The maximum atomic E-state index is 12.4. The van der Waals surface area contributed by atoms with Gasteiger partial charge in [-0.05, 0) is 19.1 Å². The number of fused-ring (bicyclic) bond motifs is 1. The van der Waals surface area contributed by atoms with Gasteiger partial charge in [0.2, 0.25) is 0 Å². The van der Waals surface area contributed by atoms with Gasteiger partial charge in [0.25, 0.3) is 0 Å². The fourth-order valence-corrected chi connectivity index (χ4v) is 2.99. The summed E-state index contributed by atoms with van der Waals surface area (Å²) >= 11 is 0. The Kier molecular flexibility index (Phi) is 4.68. The summed E-state index contributed by atoms with van der Waals surface area (Å²) in [6, 6.07) is 7.85. The van der Waals surface area contributed by atoms with Crippen molar-refractivity contribution in [1.82, 2.24) is 19.7 Å². The van der Waals surface area contributed by atoms with Gasteiger partial charge in [0.05, 0.1) is 31.7 Å². The summed E-state index contributed by atoms with van der Waals surface area (Å²) in [7, 11) is 0. The van der Waals surface area contributed by atoms with E-state index >= 15 is 0 Å². The van der Waals surface area contributed by atoms with Crippen molar-refractivity contribution >= 4 is 17.1 Å². The molecule has 136 valence electrons. The fourth-order valence-electron chi connectivity index (χ4n) is 2.99. The Morgan fingerprint density at radius 1 is 1.27 bits per heavy atom. The molecule has 8 heteroatoms. The second-order valence-electron chi connectivity index (χ2n) is 5.99. The van der Waals surface area contributed by atoms with Crippen molar-refractivity contribution in [2.45, 2.75) is 13.5 Å². The molecule has 0 saturated carbocycles. The maximum Gasteiger partial charge on any atom is 0.341 e. The van der Waals surface area contributed by atoms with E-state index < -0.39 is 5.97 Å². The van der Waals surface area contributed by atoms with Crippen molar-refractivity contribution in [1.29, 1.82) is 0 Å². The van der Waals surface area contributed by atoms with Crippen LogP contribution in [0.4, 0.5) is 0 Å². The van der Waals surface area contributed by atoms with Crippen molar-refractivity contribution in [3.63, 3.8) is 0 Å². The first kappa shape index (κ1) is 16.7. The first-order chi connectivity index (χ1) is 12.8. The van der Waals surface area contributed by atoms with Crippen LogP contribution in [0.2, 0.25) is 0 Å². The predicted molar refractivity (Wildman–Crippen MR) is 93.2 cm³/mol. The topological polar surface area (TPSA) is 82.6 Å². The third kappa shape index (κ3) is 3.21. The zero-order valence-corrected chi connectivity index (χ0v) is 14.6. The molecule has 8 nitrogen and oxygen atoms in total. The number of nitrogens with zero attached hydrogens (tertiary/aromatic N) is 4. The van der Waals surface area contributed by atoms with Crippen LogP contribution in [-0.2, 0) is 16.0 Å². The number of hydrogen-bond acceptors (Lipinski definition) is 7. The number of carbonyl (C=O) groups is 1. The van der Waals surface area contributed by atoms with Crippen LogP contribution in [0.5, 0.6) is 0 Å². The molecule has 0 radical (unpaired) electrons. The quantitative estimate of drug-likeness (QED) is 0.647. The summed E-state index contributed by atoms with van der Waals surface area (Å²) < 4.78 is 18.0. The van der Waals surface area contributed by atoms with E-state index in [1.54, 1.807) is 11.6 Å². The highest BCUT2D eigenvalue weighted by atomic mass is 16.5. The van der Waals surface area contributed by atoms with Gasteiger partial charge in [-0.25, -0.2) is 4.79 Å². The molecule has 0 aliphatic carbocycles. The van der Waals surface area contributed by atoms with Gasteiger partial charge in [0, 0.05) is 19.6 Å². The van der Waals surface area contributed by atoms with Crippen LogP contribution in [0.25, 0.3) is 17.1 Å². The molecule has 1 aromatic carbocycles. The van der Waals surface area contributed by atoms with Crippen LogP contribution in [-0.4, -0.2) is 58.5 Å².